The molecule has 0 unspecified atom stereocenters. The van der Waals surface area contributed by atoms with Gasteiger partial charge in [-0.3, -0.25) is 4.98 Å². The van der Waals surface area contributed by atoms with Gasteiger partial charge in [0.05, 0.1) is 12.2 Å². The highest BCUT2D eigenvalue weighted by atomic mass is 16.7. The zero-order valence-electron chi connectivity index (χ0n) is 11.8. The highest BCUT2D eigenvalue weighted by Gasteiger charge is 2.07. The number of nitrogens with one attached hydrogen (secondary N) is 1. The molecule has 0 radical (unpaired) electrons. The molecule has 2 aromatic rings. The van der Waals surface area contributed by atoms with Crippen LogP contribution in [0.1, 0.15) is 5.82 Å². The summed E-state index contributed by atoms with van der Waals surface area (Å²) in [6, 6.07) is 5.72. The molecule has 2 aromatic heterocycles. The molecule has 2 rings (SSSR count). The molecule has 0 saturated carbocycles. The lowest BCUT2D eigenvalue weighted by Crippen LogP contribution is -2.24. The molecule has 0 aliphatic carbocycles. The SMILES string of the molecule is COC(CNc1cc(-c2ccncc2)nc(C)n1)OC. The molecule has 0 atom stereocenters. The highest BCUT2D eigenvalue weighted by molar-refractivity contribution is 5.61. The van der Waals surface area contributed by atoms with Crippen LogP contribution < -0.4 is 5.32 Å². The molecule has 106 valence electrons. The van der Waals surface area contributed by atoms with Crippen LogP contribution in [0.25, 0.3) is 11.3 Å². The lowest BCUT2D eigenvalue weighted by molar-refractivity contribution is -0.0914. The number of aromatic nitrogens is 3. The van der Waals surface area contributed by atoms with Crippen LogP contribution in [0.15, 0.2) is 30.6 Å². The topological polar surface area (TPSA) is 69.2 Å². The summed E-state index contributed by atoms with van der Waals surface area (Å²) in [5, 5.41) is 3.18. The summed E-state index contributed by atoms with van der Waals surface area (Å²) in [6.07, 6.45) is 3.17. The van der Waals surface area contributed by atoms with E-state index in [-0.39, 0.29) is 6.29 Å². The fourth-order valence-electron chi connectivity index (χ4n) is 1.78. The van der Waals surface area contributed by atoms with Crippen LogP contribution in [0.2, 0.25) is 0 Å². The van der Waals surface area contributed by atoms with E-state index in [4.69, 9.17) is 9.47 Å². The average Bonchev–Trinajstić information content (AvgIpc) is 2.49. The third-order valence-corrected chi connectivity index (χ3v) is 2.79. The number of rotatable bonds is 6. The van der Waals surface area contributed by atoms with Crippen molar-refractivity contribution < 1.29 is 9.47 Å². The number of nitrogens with zero attached hydrogens (tertiary/aromatic N) is 3. The second-order valence-corrected chi connectivity index (χ2v) is 4.20. The minimum Gasteiger partial charge on any atom is -0.365 e. The molecular formula is C14H18N4O2. The summed E-state index contributed by atoms with van der Waals surface area (Å²) in [7, 11) is 3.20. The van der Waals surface area contributed by atoms with Crippen molar-refractivity contribution in [1.82, 2.24) is 15.0 Å². The number of aryl methyl sites for hydroxylation is 1. The van der Waals surface area contributed by atoms with E-state index in [0.717, 1.165) is 17.1 Å². The molecule has 0 aromatic carbocycles. The Morgan fingerprint density at radius 3 is 2.50 bits per heavy atom. The van der Waals surface area contributed by atoms with Crippen molar-refractivity contribution in [3.63, 3.8) is 0 Å². The molecule has 0 spiro atoms. The third kappa shape index (κ3) is 3.72. The number of pyridine rings is 1. The van der Waals surface area contributed by atoms with Crippen LogP contribution in [0.5, 0.6) is 0 Å². The predicted molar refractivity (Wildman–Crippen MR) is 76.3 cm³/mol. The molecule has 6 nitrogen and oxygen atoms in total. The van der Waals surface area contributed by atoms with E-state index in [1.807, 2.05) is 25.1 Å². The maximum atomic E-state index is 5.13. The first-order valence-electron chi connectivity index (χ1n) is 6.28. The van der Waals surface area contributed by atoms with Crippen LogP contribution >= 0.6 is 0 Å². The third-order valence-electron chi connectivity index (χ3n) is 2.79. The standard InChI is InChI=1S/C14H18N4O2/c1-10-17-12(11-4-6-15-7-5-11)8-13(18-10)16-9-14(19-2)20-3/h4-8,14H,9H2,1-3H3,(H,16,17,18). The summed E-state index contributed by atoms with van der Waals surface area (Å²) < 4.78 is 10.3. The van der Waals surface area contributed by atoms with Crippen molar-refractivity contribution in [1.29, 1.82) is 0 Å². The Balaban J connectivity index is 2.17. The fraction of sp³-hybridized carbons (Fsp3) is 0.357. The van der Waals surface area contributed by atoms with Gasteiger partial charge in [-0.15, -0.1) is 0 Å². The smallest absolute Gasteiger partial charge is 0.173 e. The molecule has 2 heterocycles. The Labute approximate surface area is 118 Å². The summed E-state index contributed by atoms with van der Waals surface area (Å²) in [4.78, 5) is 12.8. The molecule has 0 aliphatic rings. The number of hydrogen-bond acceptors (Lipinski definition) is 6. The predicted octanol–water partition coefficient (Wildman–Crippen LogP) is 1.88. The van der Waals surface area contributed by atoms with Gasteiger partial charge >= 0.3 is 0 Å². The molecule has 0 amide bonds. The van der Waals surface area contributed by atoms with Crippen molar-refractivity contribution in [2.75, 3.05) is 26.1 Å². The summed E-state index contributed by atoms with van der Waals surface area (Å²) in [5.41, 5.74) is 1.86. The van der Waals surface area contributed by atoms with Gasteiger partial charge in [0.2, 0.25) is 0 Å². The van der Waals surface area contributed by atoms with E-state index < -0.39 is 0 Å². The normalized spacial score (nSPS) is 10.8. The summed E-state index contributed by atoms with van der Waals surface area (Å²) in [5.74, 6) is 1.44. The van der Waals surface area contributed by atoms with E-state index in [1.165, 1.54) is 0 Å². The highest BCUT2D eigenvalue weighted by Crippen LogP contribution is 2.18. The number of anilines is 1. The monoisotopic (exact) mass is 274 g/mol. The maximum Gasteiger partial charge on any atom is 0.173 e. The van der Waals surface area contributed by atoms with E-state index in [0.29, 0.717) is 12.4 Å². The average molecular weight is 274 g/mol. The van der Waals surface area contributed by atoms with Gasteiger partial charge in [-0.2, -0.15) is 0 Å². The molecular weight excluding hydrogens is 256 g/mol. The van der Waals surface area contributed by atoms with Crippen molar-refractivity contribution >= 4 is 5.82 Å². The van der Waals surface area contributed by atoms with Gasteiger partial charge in [-0.25, -0.2) is 9.97 Å². The second-order valence-electron chi connectivity index (χ2n) is 4.20. The lowest BCUT2D eigenvalue weighted by atomic mass is 10.2. The van der Waals surface area contributed by atoms with Gasteiger partial charge in [0.25, 0.3) is 0 Å². The fourth-order valence-corrected chi connectivity index (χ4v) is 1.78. The van der Waals surface area contributed by atoms with Crippen molar-refractivity contribution in [3.8, 4) is 11.3 Å². The summed E-state index contributed by atoms with van der Waals surface area (Å²) in [6.45, 7) is 2.37. The van der Waals surface area contributed by atoms with Crippen LogP contribution in [0.4, 0.5) is 5.82 Å². The first-order chi connectivity index (χ1) is 9.72. The molecule has 0 fully saturated rings. The molecule has 6 heteroatoms. The van der Waals surface area contributed by atoms with Gasteiger partial charge in [-0.05, 0) is 19.1 Å². The Morgan fingerprint density at radius 2 is 1.85 bits per heavy atom. The van der Waals surface area contributed by atoms with Crippen molar-refractivity contribution in [3.05, 3.63) is 36.4 Å². The number of hydrogen-bond donors (Lipinski definition) is 1. The van der Waals surface area contributed by atoms with E-state index in [9.17, 15) is 0 Å². The van der Waals surface area contributed by atoms with Crippen LogP contribution in [0.3, 0.4) is 0 Å². The Bertz CT molecular complexity index is 544. The zero-order valence-corrected chi connectivity index (χ0v) is 11.8. The first-order valence-corrected chi connectivity index (χ1v) is 6.28. The van der Waals surface area contributed by atoms with Crippen molar-refractivity contribution in [2.45, 2.75) is 13.2 Å². The summed E-state index contributed by atoms with van der Waals surface area (Å²) >= 11 is 0. The van der Waals surface area contributed by atoms with E-state index >= 15 is 0 Å². The Kier molecular flexibility index (Phi) is 4.97. The van der Waals surface area contributed by atoms with Crippen LogP contribution in [0, 0.1) is 6.92 Å². The largest absolute Gasteiger partial charge is 0.365 e. The van der Waals surface area contributed by atoms with Crippen LogP contribution in [-0.4, -0.2) is 42.0 Å². The van der Waals surface area contributed by atoms with E-state index in [2.05, 4.69) is 20.3 Å². The first kappa shape index (κ1) is 14.4. The van der Waals surface area contributed by atoms with Gasteiger partial charge in [0, 0.05) is 38.2 Å². The quantitative estimate of drug-likeness (QED) is 0.811. The molecule has 0 bridgehead atoms. The van der Waals surface area contributed by atoms with Gasteiger partial charge in [-0.1, -0.05) is 0 Å². The minimum atomic E-state index is -0.311. The lowest BCUT2D eigenvalue weighted by Gasteiger charge is -2.15. The molecule has 20 heavy (non-hydrogen) atoms. The number of methoxy groups -OCH3 is 2. The number of ether oxygens (including phenoxy) is 2. The van der Waals surface area contributed by atoms with Crippen molar-refractivity contribution in [2.24, 2.45) is 0 Å². The molecule has 0 aliphatic heterocycles. The van der Waals surface area contributed by atoms with Crippen LogP contribution in [-0.2, 0) is 9.47 Å². The Hall–Kier alpha value is -2.05. The van der Waals surface area contributed by atoms with Gasteiger partial charge in [0.15, 0.2) is 6.29 Å². The Morgan fingerprint density at radius 1 is 1.15 bits per heavy atom. The zero-order chi connectivity index (χ0) is 14.4. The van der Waals surface area contributed by atoms with Gasteiger partial charge in [0.1, 0.15) is 11.6 Å². The molecule has 0 saturated heterocycles. The minimum absolute atomic E-state index is 0.311. The van der Waals surface area contributed by atoms with E-state index in [1.54, 1.807) is 26.6 Å². The maximum absolute atomic E-state index is 5.13. The van der Waals surface area contributed by atoms with Gasteiger partial charge < -0.3 is 14.8 Å². The molecule has 1 N–H and O–H groups in total. The second kappa shape index (κ2) is 6.93.